The van der Waals surface area contributed by atoms with Crippen molar-refractivity contribution in [2.24, 2.45) is 0 Å². The van der Waals surface area contributed by atoms with Crippen LogP contribution in [0, 0.1) is 12.3 Å². The molecule has 0 radical (unpaired) electrons. The molecule has 11 heavy (non-hydrogen) atoms. The van der Waals surface area contributed by atoms with E-state index in [1.807, 2.05) is 5.92 Å². The summed E-state index contributed by atoms with van der Waals surface area (Å²) in [6.07, 6.45) is -0.129. The molecule has 0 saturated heterocycles. The fourth-order valence-corrected chi connectivity index (χ4v) is 0.425. The molecule has 62 valence electrons. The fraction of sp³-hybridized carbons (Fsp3) is 0.500. The van der Waals surface area contributed by atoms with E-state index >= 15 is 0 Å². The number of hydrogen-bond acceptors (Lipinski definition) is 1. The highest BCUT2D eigenvalue weighted by molar-refractivity contribution is 5.81. The molecule has 0 saturated carbocycles. The zero-order valence-electron chi connectivity index (χ0n) is 5.77. The first-order chi connectivity index (χ1) is 4.89. The summed E-state index contributed by atoms with van der Waals surface area (Å²) < 4.78 is 34.7. The summed E-state index contributed by atoms with van der Waals surface area (Å²) in [5, 5.41) is 0. The van der Waals surface area contributed by atoms with Gasteiger partial charge in [0.25, 0.3) is 0 Å². The Morgan fingerprint density at radius 1 is 1.64 bits per heavy atom. The van der Waals surface area contributed by atoms with Gasteiger partial charge in [-0.2, -0.15) is 13.2 Å². The smallest absolute Gasteiger partial charge is 0.327 e. The number of halogens is 3. The van der Waals surface area contributed by atoms with Gasteiger partial charge >= 0.3 is 12.1 Å². The van der Waals surface area contributed by atoms with Gasteiger partial charge in [-0.05, 0) is 0 Å². The third-order valence-corrected chi connectivity index (χ3v) is 0.918. The molecular weight excluding hydrogens is 159 g/mol. The van der Waals surface area contributed by atoms with Crippen LogP contribution >= 0.6 is 0 Å². The number of alkyl halides is 3. The molecule has 0 rings (SSSR count). The lowest BCUT2D eigenvalue weighted by atomic mass is 10.5. The number of terminal acetylenes is 1. The van der Waals surface area contributed by atoms with E-state index in [0.717, 1.165) is 7.05 Å². The minimum atomic E-state index is -4.83. The average Bonchev–Trinajstić information content (AvgIpc) is 1.85. The van der Waals surface area contributed by atoms with Crippen molar-refractivity contribution in [3.63, 3.8) is 0 Å². The van der Waals surface area contributed by atoms with E-state index in [0.29, 0.717) is 4.90 Å². The molecule has 0 spiro atoms. The summed E-state index contributed by atoms with van der Waals surface area (Å²) in [4.78, 5) is 10.7. The van der Waals surface area contributed by atoms with Crippen LogP contribution in [0.4, 0.5) is 13.2 Å². The minimum Gasteiger partial charge on any atom is -0.327 e. The van der Waals surface area contributed by atoms with Gasteiger partial charge in [0, 0.05) is 7.05 Å². The minimum absolute atomic E-state index is 0.335. The molecule has 2 nitrogen and oxygen atoms in total. The van der Waals surface area contributed by atoms with Gasteiger partial charge in [-0.3, -0.25) is 4.79 Å². The number of carbonyl (C=O) groups excluding carboxylic acids is 1. The van der Waals surface area contributed by atoms with E-state index in [4.69, 9.17) is 6.42 Å². The topological polar surface area (TPSA) is 20.3 Å². The van der Waals surface area contributed by atoms with E-state index in [2.05, 4.69) is 0 Å². The van der Waals surface area contributed by atoms with E-state index in [-0.39, 0.29) is 6.54 Å². The quantitative estimate of drug-likeness (QED) is 0.522. The predicted octanol–water partition coefficient (Wildman–Crippen LogP) is 0.640. The van der Waals surface area contributed by atoms with Crippen molar-refractivity contribution in [2.45, 2.75) is 6.18 Å². The van der Waals surface area contributed by atoms with Gasteiger partial charge in [-0.15, -0.1) is 6.42 Å². The number of amides is 1. The maximum absolute atomic E-state index is 11.6. The van der Waals surface area contributed by atoms with E-state index < -0.39 is 12.1 Å². The molecule has 0 aromatic heterocycles. The number of hydrogen-bond donors (Lipinski definition) is 0. The summed E-state index contributed by atoms with van der Waals surface area (Å²) >= 11 is 0. The summed E-state index contributed by atoms with van der Waals surface area (Å²) in [7, 11) is 0.996. The van der Waals surface area contributed by atoms with Crippen LogP contribution in [0.3, 0.4) is 0 Å². The summed E-state index contributed by atoms with van der Waals surface area (Å²) in [5.41, 5.74) is 0. The normalized spacial score (nSPS) is 10.5. The second-order valence-corrected chi connectivity index (χ2v) is 1.86. The summed E-state index contributed by atoms with van der Waals surface area (Å²) in [5.74, 6) is 0.00468. The lowest BCUT2D eigenvalue weighted by Crippen LogP contribution is -2.38. The molecule has 0 heterocycles. The summed E-state index contributed by atoms with van der Waals surface area (Å²) in [6.45, 7) is -0.335. The molecule has 0 aromatic carbocycles. The third-order valence-electron chi connectivity index (χ3n) is 0.918. The van der Waals surface area contributed by atoms with Gasteiger partial charge in [-0.1, -0.05) is 5.92 Å². The van der Waals surface area contributed by atoms with Crippen LogP contribution in [0.25, 0.3) is 0 Å². The first-order valence-electron chi connectivity index (χ1n) is 2.65. The molecule has 0 N–H and O–H groups in total. The van der Waals surface area contributed by atoms with Crippen molar-refractivity contribution < 1.29 is 18.0 Å². The van der Waals surface area contributed by atoms with Gasteiger partial charge < -0.3 is 4.90 Å². The van der Waals surface area contributed by atoms with Crippen LogP contribution in [0.2, 0.25) is 0 Å². The van der Waals surface area contributed by atoms with Crippen molar-refractivity contribution in [1.29, 1.82) is 0 Å². The number of carbonyl (C=O) groups is 1. The monoisotopic (exact) mass is 165 g/mol. The van der Waals surface area contributed by atoms with E-state index in [1.54, 1.807) is 0 Å². The van der Waals surface area contributed by atoms with Crippen LogP contribution in [0.5, 0.6) is 0 Å². The standard InChI is InChI=1S/C6H6F3NO/c1-3-4-10(2)5(11)6(7,8)9/h1H,4H2,2H3. The van der Waals surface area contributed by atoms with Gasteiger partial charge in [0.05, 0.1) is 6.54 Å². The first-order valence-corrected chi connectivity index (χ1v) is 2.65. The lowest BCUT2D eigenvalue weighted by molar-refractivity contribution is -0.183. The number of rotatable bonds is 1. The van der Waals surface area contributed by atoms with Gasteiger partial charge in [0.1, 0.15) is 0 Å². The Bertz CT molecular complexity index is 191. The maximum atomic E-state index is 11.6. The van der Waals surface area contributed by atoms with Crippen LogP contribution < -0.4 is 0 Å². The SMILES string of the molecule is C#CCN(C)C(=O)C(F)(F)F. The van der Waals surface area contributed by atoms with Gasteiger partial charge in [0.15, 0.2) is 0 Å². The van der Waals surface area contributed by atoms with Crippen LogP contribution in [-0.2, 0) is 4.79 Å². The second-order valence-electron chi connectivity index (χ2n) is 1.86. The maximum Gasteiger partial charge on any atom is 0.471 e. The van der Waals surface area contributed by atoms with Crippen molar-refractivity contribution in [3.8, 4) is 12.3 Å². The lowest BCUT2D eigenvalue weighted by Gasteiger charge is -2.14. The van der Waals surface area contributed by atoms with Crippen molar-refractivity contribution in [1.82, 2.24) is 4.90 Å². The zero-order chi connectivity index (χ0) is 9.07. The molecule has 5 heteroatoms. The Morgan fingerprint density at radius 2 is 2.09 bits per heavy atom. The number of nitrogens with zero attached hydrogens (tertiary/aromatic N) is 1. The molecule has 0 atom stereocenters. The van der Waals surface area contributed by atoms with Crippen molar-refractivity contribution >= 4 is 5.91 Å². The highest BCUT2D eigenvalue weighted by atomic mass is 19.4. The Hall–Kier alpha value is -1.18. The van der Waals surface area contributed by atoms with Crippen LogP contribution in [0.15, 0.2) is 0 Å². The molecule has 0 aliphatic rings. The Morgan fingerprint density at radius 3 is 2.36 bits per heavy atom. The summed E-state index contributed by atoms with van der Waals surface area (Å²) in [6, 6.07) is 0. The first kappa shape index (κ1) is 9.82. The Labute approximate surface area is 62.0 Å². The van der Waals surface area contributed by atoms with Gasteiger partial charge in [0.2, 0.25) is 0 Å². The average molecular weight is 165 g/mol. The van der Waals surface area contributed by atoms with Crippen molar-refractivity contribution in [2.75, 3.05) is 13.6 Å². The van der Waals surface area contributed by atoms with Gasteiger partial charge in [-0.25, -0.2) is 0 Å². The van der Waals surface area contributed by atoms with E-state index in [1.165, 1.54) is 0 Å². The van der Waals surface area contributed by atoms with Crippen molar-refractivity contribution in [3.05, 3.63) is 0 Å². The molecule has 0 aromatic rings. The fourth-order valence-electron chi connectivity index (χ4n) is 0.425. The van der Waals surface area contributed by atoms with E-state index in [9.17, 15) is 18.0 Å². The predicted molar refractivity (Wildman–Crippen MR) is 32.5 cm³/mol. The molecule has 1 amide bonds. The zero-order valence-corrected chi connectivity index (χ0v) is 5.77. The highest BCUT2D eigenvalue weighted by Crippen LogP contribution is 2.16. The highest BCUT2D eigenvalue weighted by Gasteiger charge is 2.40. The molecular formula is C6H6F3NO. The molecule has 0 unspecified atom stereocenters. The Balaban J connectivity index is 4.17. The molecule has 0 aliphatic carbocycles. The second kappa shape index (κ2) is 3.28. The molecule has 0 bridgehead atoms. The molecule has 0 aliphatic heterocycles. The Kier molecular flexibility index (Phi) is 2.93. The molecule has 0 fully saturated rings. The largest absolute Gasteiger partial charge is 0.471 e. The van der Waals surface area contributed by atoms with Crippen LogP contribution in [0.1, 0.15) is 0 Å². The third kappa shape index (κ3) is 2.94. The van der Waals surface area contributed by atoms with Crippen LogP contribution in [-0.4, -0.2) is 30.6 Å².